The highest BCUT2D eigenvalue weighted by Gasteiger charge is 2.33. The summed E-state index contributed by atoms with van der Waals surface area (Å²) in [5.41, 5.74) is 2.78. The first kappa shape index (κ1) is 13.5. The van der Waals surface area contributed by atoms with Crippen molar-refractivity contribution in [2.24, 2.45) is 7.05 Å². The Balaban J connectivity index is 1.73. The lowest BCUT2D eigenvalue weighted by molar-refractivity contribution is -0.117. The predicted octanol–water partition coefficient (Wildman–Crippen LogP) is 1.04. The molecule has 0 aliphatic carbocycles. The summed E-state index contributed by atoms with van der Waals surface area (Å²) in [4.78, 5) is 22.8. The average Bonchev–Trinajstić information content (AvgIpc) is 3.01. The Morgan fingerprint density at radius 3 is 2.81 bits per heavy atom. The molecular weight excluding hydrogens is 268 g/mol. The highest BCUT2D eigenvalue weighted by atomic mass is 16.2. The molecule has 0 bridgehead atoms. The first-order chi connectivity index (χ1) is 10.0. The van der Waals surface area contributed by atoms with E-state index < -0.39 is 0 Å². The minimum atomic E-state index is -0.285. The van der Waals surface area contributed by atoms with Crippen molar-refractivity contribution in [3.05, 3.63) is 29.8 Å². The predicted molar refractivity (Wildman–Crippen MR) is 79.1 cm³/mol. The molecule has 1 aliphatic rings. The number of hydrogen-bond donors (Lipinski definition) is 1. The summed E-state index contributed by atoms with van der Waals surface area (Å²) >= 11 is 0. The molecule has 0 saturated carbocycles. The molecule has 3 heterocycles. The Hall–Kier alpha value is -2.44. The van der Waals surface area contributed by atoms with Crippen molar-refractivity contribution in [1.82, 2.24) is 19.7 Å². The number of hydrogen-bond acceptors (Lipinski definition) is 5. The van der Waals surface area contributed by atoms with Gasteiger partial charge in [0.1, 0.15) is 6.04 Å². The van der Waals surface area contributed by atoms with Gasteiger partial charge in [0.05, 0.1) is 11.9 Å². The number of carbonyl (C=O) groups is 1. The van der Waals surface area contributed by atoms with Crippen molar-refractivity contribution in [2.45, 2.75) is 26.3 Å². The average molecular weight is 286 g/mol. The molecule has 7 heteroatoms. The summed E-state index contributed by atoms with van der Waals surface area (Å²) in [5.74, 6) is 0.536. The van der Waals surface area contributed by atoms with E-state index in [1.807, 2.05) is 27.1 Å². The van der Waals surface area contributed by atoms with Crippen LogP contribution in [0.2, 0.25) is 0 Å². The zero-order valence-electron chi connectivity index (χ0n) is 12.4. The van der Waals surface area contributed by atoms with Gasteiger partial charge in [0.15, 0.2) is 0 Å². The molecule has 110 valence electrons. The Morgan fingerprint density at radius 2 is 2.14 bits per heavy atom. The fourth-order valence-electron chi connectivity index (χ4n) is 2.37. The number of aryl methyl sites for hydroxylation is 3. The van der Waals surface area contributed by atoms with Crippen LogP contribution in [-0.2, 0) is 11.8 Å². The monoisotopic (exact) mass is 286 g/mol. The van der Waals surface area contributed by atoms with Gasteiger partial charge in [-0.1, -0.05) is 0 Å². The lowest BCUT2D eigenvalue weighted by Crippen LogP contribution is -2.33. The molecule has 0 spiro atoms. The summed E-state index contributed by atoms with van der Waals surface area (Å²) in [6.45, 7) is 4.57. The first-order valence-corrected chi connectivity index (χ1v) is 6.91. The van der Waals surface area contributed by atoms with Gasteiger partial charge in [-0.2, -0.15) is 5.10 Å². The molecule has 1 saturated heterocycles. The normalized spacial score (nSPS) is 18.3. The van der Waals surface area contributed by atoms with Gasteiger partial charge in [0.25, 0.3) is 0 Å². The maximum absolute atomic E-state index is 12.4. The van der Waals surface area contributed by atoms with Gasteiger partial charge in [0, 0.05) is 31.7 Å². The summed E-state index contributed by atoms with van der Waals surface area (Å²) in [6.07, 6.45) is 6.03. The molecule has 21 heavy (non-hydrogen) atoms. The molecule has 7 nitrogen and oxygen atoms in total. The van der Waals surface area contributed by atoms with Gasteiger partial charge < -0.3 is 10.2 Å². The third kappa shape index (κ3) is 2.58. The van der Waals surface area contributed by atoms with Gasteiger partial charge in [-0.05, 0) is 25.8 Å². The number of nitrogens with one attached hydrogen (secondary N) is 1. The van der Waals surface area contributed by atoms with Gasteiger partial charge >= 0.3 is 0 Å². The smallest absolute Gasteiger partial charge is 0.249 e. The van der Waals surface area contributed by atoms with Crippen LogP contribution in [0.3, 0.4) is 0 Å². The molecule has 2 aromatic rings. The topological polar surface area (TPSA) is 75.9 Å². The van der Waals surface area contributed by atoms with Gasteiger partial charge in [-0.25, -0.2) is 9.97 Å². The van der Waals surface area contributed by atoms with Crippen LogP contribution >= 0.6 is 0 Å². The summed E-state index contributed by atoms with van der Waals surface area (Å²) < 4.78 is 1.69. The maximum Gasteiger partial charge on any atom is 0.249 e. The van der Waals surface area contributed by atoms with E-state index in [9.17, 15) is 4.79 Å². The Kier molecular flexibility index (Phi) is 3.32. The van der Waals surface area contributed by atoms with Gasteiger partial charge in [0.2, 0.25) is 11.9 Å². The van der Waals surface area contributed by atoms with E-state index in [1.54, 1.807) is 22.0 Å². The number of nitrogens with zero attached hydrogens (tertiary/aromatic N) is 5. The fourth-order valence-corrected chi connectivity index (χ4v) is 2.37. The SMILES string of the molecule is Cc1cnc(N[C@H]2CCN(c3cnn(C)c3)C2=O)nc1C. The first-order valence-electron chi connectivity index (χ1n) is 6.91. The Morgan fingerprint density at radius 1 is 1.33 bits per heavy atom. The lowest BCUT2D eigenvalue weighted by Gasteiger charge is -2.15. The van der Waals surface area contributed by atoms with E-state index in [-0.39, 0.29) is 11.9 Å². The van der Waals surface area contributed by atoms with Crippen molar-refractivity contribution in [1.29, 1.82) is 0 Å². The summed E-state index contributed by atoms with van der Waals surface area (Å²) in [6, 6.07) is -0.285. The summed E-state index contributed by atoms with van der Waals surface area (Å²) in [7, 11) is 1.84. The van der Waals surface area contributed by atoms with Crippen molar-refractivity contribution < 1.29 is 4.79 Å². The van der Waals surface area contributed by atoms with Crippen molar-refractivity contribution in [3.8, 4) is 0 Å². The van der Waals surface area contributed by atoms with Crippen molar-refractivity contribution >= 4 is 17.5 Å². The van der Waals surface area contributed by atoms with Crippen LogP contribution in [0.1, 0.15) is 17.7 Å². The van der Waals surface area contributed by atoms with E-state index >= 15 is 0 Å². The number of aromatic nitrogens is 4. The van der Waals surface area contributed by atoms with Crippen molar-refractivity contribution in [3.63, 3.8) is 0 Å². The summed E-state index contributed by atoms with van der Waals surface area (Å²) in [5, 5.41) is 7.23. The molecule has 1 aliphatic heterocycles. The molecule has 1 N–H and O–H groups in total. The number of amides is 1. The largest absolute Gasteiger partial charge is 0.342 e. The van der Waals surface area contributed by atoms with Crippen LogP contribution in [0.5, 0.6) is 0 Å². The third-order valence-corrected chi connectivity index (χ3v) is 3.74. The van der Waals surface area contributed by atoms with E-state index in [0.29, 0.717) is 12.5 Å². The zero-order valence-corrected chi connectivity index (χ0v) is 12.4. The molecule has 1 amide bonds. The number of anilines is 2. The highest BCUT2D eigenvalue weighted by molar-refractivity contribution is 6.00. The van der Waals surface area contributed by atoms with Crippen LogP contribution in [0, 0.1) is 13.8 Å². The van der Waals surface area contributed by atoms with E-state index in [1.165, 1.54) is 0 Å². The van der Waals surface area contributed by atoms with E-state index in [0.717, 1.165) is 23.4 Å². The number of carbonyl (C=O) groups excluding carboxylic acids is 1. The standard InChI is InChI=1S/C14H18N6O/c1-9-6-15-14(17-10(9)2)18-12-4-5-20(13(12)21)11-7-16-19(3)8-11/h6-8,12H,4-5H2,1-3H3,(H,15,17,18)/t12-/m0/s1. The van der Waals surface area contributed by atoms with E-state index in [4.69, 9.17) is 0 Å². The van der Waals surface area contributed by atoms with Crippen LogP contribution in [0.15, 0.2) is 18.6 Å². The number of rotatable bonds is 3. The van der Waals surface area contributed by atoms with Crippen LogP contribution in [0.25, 0.3) is 0 Å². The molecule has 3 rings (SSSR count). The zero-order chi connectivity index (χ0) is 15.0. The molecule has 2 aromatic heterocycles. The van der Waals surface area contributed by atoms with Crippen LogP contribution < -0.4 is 10.2 Å². The molecule has 0 aromatic carbocycles. The fraction of sp³-hybridized carbons (Fsp3) is 0.429. The van der Waals surface area contributed by atoms with Crippen LogP contribution in [-0.4, -0.2) is 38.2 Å². The van der Waals surface area contributed by atoms with Crippen LogP contribution in [0.4, 0.5) is 11.6 Å². The van der Waals surface area contributed by atoms with Gasteiger partial charge in [-0.3, -0.25) is 9.48 Å². The second-order valence-electron chi connectivity index (χ2n) is 5.31. The highest BCUT2D eigenvalue weighted by Crippen LogP contribution is 2.22. The maximum atomic E-state index is 12.4. The second kappa shape index (κ2) is 5.16. The quantitative estimate of drug-likeness (QED) is 0.912. The Bertz CT molecular complexity index is 680. The lowest BCUT2D eigenvalue weighted by atomic mass is 10.2. The van der Waals surface area contributed by atoms with E-state index in [2.05, 4.69) is 20.4 Å². The third-order valence-electron chi connectivity index (χ3n) is 3.74. The molecule has 0 radical (unpaired) electrons. The minimum absolute atomic E-state index is 0.0322. The minimum Gasteiger partial charge on any atom is -0.342 e. The molecular formula is C14H18N6O. The van der Waals surface area contributed by atoms with Gasteiger partial charge in [-0.15, -0.1) is 0 Å². The molecule has 1 atom stereocenters. The van der Waals surface area contributed by atoms with Crippen molar-refractivity contribution in [2.75, 3.05) is 16.8 Å². The Labute approximate surface area is 123 Å². The molecule has 0 unspecified atom stereocenters. The second-order valence-corrected chi connectivity index (χ2v) is 5.31. The molecule has 1 fully saturated rings.